The van der Waals surface area contributed by atoms with Gasteiger partial charge in [0.1, 0.15) is 5.75 Å². The standard InChI is InChI=1S/C11H14N2O4/c1-2-17-9(15)5-7-13-11(16)10-8(14)4-3-6-12-10/h3-4,6,14H,2,5,7H2,1H3,(H,13,16). The maximum atomic E-state index is 11.5. The number of nitrogens with zero attached hydrogens (tertiary/aromatic N) is 1. The summed E-state index contributed by atoms with van der Waals surface area (Å²) in [6.07, 6.45) is 1.49. The number of nitrogens with one attached hydrogen (secondary N) is 1. The minimum Gasteiger partial charge on any atom is -0.505 e. The summed E-state index contributed by atoms with van der Waals surface area (Å²) in [7, 11) is 0. The van der Waals surface area contributed by atoms with Gasteiger partial charge in [-0.15, -0.1) is 0 Å². The first-order valence-electron chi connectivity index (χ1n) is 5.23. The lowest BCUT2D eigenvalue weighted by molar-refractivity contribution is -0.142. The molecule has 1 rings (SSSR count). The van der Waals surface area contributed by atoms with Crippen LogP contribution < -0.4 is 5.32 Å². The topological polar surface area (TPSA) is 88.5 Å². The van der Waals surface area contributed by atoms with E-state index < -0.39 is 5.91 Å². The van der Waals surface area contributed by atoms with E-state index in [2.05, 4.69) is 10.3 Å². The van der Waals surface area contributed by atoms with E-state index in [0.29, 0.717) is 6.61 Å². The Balaban J connectivity index is 2.41. The van der Waals surface area contributed by atoms with Crippen LogP contribution in [0.2, 0.25) is 0 Å². The number of amides is 1. The Hall–Kier alpha value is -2.11. The summed E-state index contributed by atoms with van der Waals surface area (Å²) < 4.78 is 4.70. The van der Waals surface area contributed by atoms with E-state index in [4.69, 9.17) is 4.74 Å². The Morgan fingerprint density at radius 3 is 2.94 bits per heavy atom. The number of rotatable bonds is 5. The van der Waals surface area contributed by atoms with Gasteiger partial charge in [0.25, 0.3) is 5.91 Å². The first-order valence-corrected chi connectivity index (χ1v) is 5.23. The van der Waals surface area contributed by atoms with E-state index in [1.54, 1.807) is 6.92 Å². The molecule has 0 saturated heterocycles. The molecular weight excluding hydrogens is 224 g/mol. The van der Waals surface area contributed by atoms with Gasteiger partial charge >= 0.3 is 5.97 Å². The zero-order valence-electron chi connectivity index (χ0n) is 9.47. The van der Waals surface area contributed by atoms with Crippen molar-refractivity contribution in [1.82, 2.24) is 10.3 Å². The van der Waals surface area contributed by atoms with Crippen molar-refractivity contribution in [2.75, 3.05) is 13.2 Å². The number of aromatic hydroxyl groups is 1. The molecule has 0 spiro atoms. The predicted octanol–water partition coefficient (Wildman–Crippen LogP) is 0.470. The van der Waals surface area contributed by atoms with Crippen molar-refractivity contribution in [2.24, 2.45) is 0 Å². The largest absolute Gasteiger partial charge is 0.505 e. The van der Waals surface area contributed by atoms with Gasteiger partial charge in [0.05, 0.1) is 13.0 Å². The number of esters is 1. The van der Waals surface area contributed by atoms with E-state index in [1.165, 1.54) is 18.3 Å². The summed E-state index contributed by atoms with van der Waals surface area (Å²) in [6, 6.07) is 2.89. The number of carbonyl (C=O) groups excluding carboxylic acids is 2. The van der Waals surface area contributed by atoms with Crippen LogP contribution >= 0.6 is 0 Å². The molecule has 0 aromatic carbocycles. The van der Waals surface area contributed by atoms with Gasteiger partial charge < -0.3 is 15.2 Å². The van der Waals surface area contributed by atoms with Gasteiger partial charge in [-0.05, 0) is 19.1 Å². The monoisotopic (exact) mass is 238 g/mol. The summed E-state index contributed by atoms with van der Waals surface area (Å²) in [4.78, 5) is 26.2. The number of aromatic nitrogens is 1. The van der Waals surface area contributed by atoms with Crippen LogP contribution in [-0.4, -0.2) is 35.1 Å². The van der Waals surface area contributed by atoms with Gasteiger partial charge in [-0.2, -0.15) is 0 Å². The Morgan fingerprint density at radius 1 is 1.53 bits per heavy atom. The SMILES string of the molecule is CCOC(=O)CCNC(=O)c1ncccc1O. The van der Waals surface area contributed by atoms with Gasteiger partial charge in [-0.25, -0.2) is 4.98 Å². The Kier molecular flexibility index (Phi) is 4.93. The third-order valence-electron chi connectivity index (χ3n) is 1.92. The van der Waals surface area contributed by atoms with Crippen molar-refractivity contribution in [3.05, 3.63) is 24.0 Å². The average Bonchev–Trinajstić information content (AvgIpc) is 2.29. The molecule has 0 aliphatic rings. The highest BCUT2D eigenvalue weighted by molar-refractivity contribution is 5.94. The van der Waals surface area contributed by atoms with Crippen LogP contribution in [0.5, 0.6) is 5.75 Å². The highest BCUT2D eigenvalue weighted by atomic mass is 16.5. The Bertz CT molecular complexity index is 406. The van der Waals surface area contributed by atoms with Crippen LogP contribution in [-0.2, 0) is 9.53 Å². The van der Waals surface area contributed by atoms with Crippen molar-refractivity contribution in [2.45, 2.75) is 13.3 Å². The van der Waals surface area contributed by atoms with Crippen molar-refractivity contribution in [1.29, 1.82) is 0 Å². The van der Waals surface area contributed by atoms with Crippen molar-refractivity contribution in [3.8, 4) is 5.75 Å². The van der Waals surface area contributed by atoms with Gasteiger partial charge in [0, 0.05) is 12.7 Å². The first kappa shape index (κ1) is 13.0. The number of carbonyl (C=O) groups is 2. The fourth-order valence-corrected chi connectivity index (χ4v) is 1.17. The van der Waals surface area contributed by atoms with E-state index in [9.17, 15) is 14.7 Å². The third-order valence-corrected chi connectivity index (χ3v) is 1.92. The van der Waals surface area contributed by atoms with E-state index in [0.717, 1.165) is 0 Å². The number of ether oxygens (including phenoxy) is 1. The smallest absolute Gasteiger partial charge is 0.307 e. The minimum atomic E-state index is -0.521. The number of hydrogen-bond acceptors (Lipinski definition) is 5. The van der Waals surface area contributed by atoms with E-state index in [-0.39, 0.29) is 30.4 Å². The second-order valence-corrected chi connectivity index (χ2v) is 3.18. The molecule has 1 aromatic rings. The lowest BCUT2D eigenvalue weighted by atomic mass is 10.3. The molecule has 0 aliphatic carbocycles. The second kappa shape index (κ2) is 6.47. The summed E-state index contributed by atoms with van der Waals surface area (Å²) >= 11 is 0. The van der Waals surface area contributed by atoms with Gasteiger partial charge in [-0.3, -0.25) is 9.59 Å². The molecule has 1 amide bonds. The van der Waals surface area contributed by atoms with Gasteiger partial charge in [0.15, 0.2) is 5.69 Å². The molecule has 1 aromatic heterocycles. The highest BCUT2D eigenvalue weighted by Crippen LogP contribution is 2.11. The minimum absolute atomic E-state index is 0.0589. The molecule has 0 radical (unpaired) electrons. The van der Waals surface area contributed by atoms with Crippen LogP contribution in [0.4, 0.5) is 0 Å². The van der Waals surface area contributed by atoms with Crippen LogP contribution in [0.3, 0.4) is 0 Å². The van der Waals surface area contributed by atoms with Crippen molar-refractivity contribution < 1.29 is 19.4 Å². The lowest BCUT2D eigenvalue weighted by Gasteiger charge is -2.05. The van der Waals surface area contributed by atoms with Crippen LogP contribution in [0.15, 0.2) is 18.3 Å². The Labute approximate surface area is 98.6 Å². The van der Waals surface area contributed by atoms with Crippen LogP contribution in [0.25, 0.3) is 0 Å². The lowest BCUT2D eigenvalue weighted by Crippen LogP contribution is -2.27. The molecule has 0 saturated carbocycles. The highest BCUT2D eigenvalue weighted by Gasteiger charge is 2.12. The zero-order chi connectivity index (χ0) is 12.7. The van der Waals surface area contributed by atoms with E-state index in [1.807, 2.05) is 0 Å². The van der Waals surface area contributed by atoms with Crippen LogP contribution in [0, 0.1) is 0 Å². The molecule has 17 heavy (non-hydrogen) atoms. The fourth-order valence-electron chi connectivity index (χ4n) is 1.17. The molecule has 6 nitrogen and oxygen atoms in total. The molecule has 6 heteroatoms. The molecular formula is C11H14N2O4. The third kappa shape index (κ3) is 4.10. The summed E-state index contributed by atoms with van der Waals surface area (Å²) in [5.41, 5.74) is -0.0589. The molecule has 0 atom stereocenters. The molecule has 2 N–H and O–H groups in total. The quantitative estimate of drug-likeness (QED) is 0.728. The molecule has 0 aliphatic heterocycles. The fraction of sp³-hybridized carbons (Fsp3) is 0.364. The average molecular weight is 238 g/mol. The molecule has 0 bridgehead atoms. The van der Waals surface area contributed by atoms with Crippen molar-refractivity contribution >= 4 is 11.9 Å². The number of hydrogen-bond donors (Lipinski definition) is 2. The summed E-state index contributed by atoms with van der Waals surface area (Å²) in [5.74, 6) is -1.09. The van der Waals surface area contributed by atoms with Crippen molar-refractivity contribution in [3.63, 3.8) is 0 Å². The maximum absolute atomic E-state index is 11.5. The maximum Gasteiger partial charge on any atom is 0.307 e. The van der Waals surface area contributed by atoms with Crippen LogP contribution in [0.1, 0.15) is 23.8 Å². The molecule has 92 valence electrons. The zero-order valence-corrected chi connectivity index (χ0v) is 9.47. The summed E-state index contributed by atoms with van der Waals surface area (Å²) in [6.45, 7) is 2.17. The normalized spacial score (nSPS) is 9.71. The second-order valence-electron chi connectivity index (χ2n) is 3.18. The van der Waals surface area contributed by atoms with E-state index >= 15 is 0 Å². The number of pyridine rings is 1. The Morgan fingerprint density at radius 2 is 2.29 bits per heavy atom. The molecule has 0 fully saturated rings. The van der Waals surface area contributed by atoms with Gasteiger partial charge in [0.2, 0.25) is 0 Å². The summed E-state index contributed by atoms with van der Waals surface area (Å²) in [5, 5.41) is 11.8. The first-order chi connectivity index (χ1) is 8.15. The molecule has 0 unspecified atom stereocenters. The van der Waals surface area contributed by atoms with Gasteiger partial charge in [-0.1, -0.05) is 0 Å². The predicted molar refractivity (Wildman–Crippen MR) is 59.5 cm³/mol. The molecule has 1 heterocycles.